The van der Waals surface area contributed by atoms with Crippen molar-refractivity contribution in [2.45, 2.75) is 26.7 Å². The summed E-state index contributed by atoms with van der Waals surface area (Å²) in [6, 6.07) is 21.3. The summed E-state index contributed by atoms with van der Waals surface area (Å²) in [6.45, 7) is 3.93. The van der Waals surface area contributed by atoms with Gasteiger partial charge in [-0.05, 0) is 79.4 Å². The number of rotatable bonds is 11. The molecule has 0 saturated carbocycles. The van der Waals surface area contributed by atoms with Crippen LogP contribution in [0, 0.1) is 17.1 Å². The number of carbonyl (C=O) groups excluding carboxylic acids is 2. The van der Waals surface area contributed by atoms with Crippen LogP contribution in [0.5, 0.6) is 17.2 Å². The van der Waals surface area contributed by atoms with E-state index in [1.165, 1.54) is 20.3 Å². The normalized spacial score (nSPS) is 14.1. The van der Waals surface area contributed by atoms with Crippen LogP contribution < -0.4 is 14.2 Å². The number of benzene rings is 3. The van der Waals surface area contributed by atoms with Crippen molar-refractivity contribution in [2.24, 2.45) is 0 Å². The largest absolute Gasteiger partial charge is 0.493 e. The first kappa shape index (κ1) is 31.7. The molecule has 4 aromatic rings. The SMILES string of the molecule is CCCOc1ccc(-c2nn(-c3ccccc3)cc2/C=C2/C(=O)N(CCc3ccc(OC)c(OC)c3)C(=O)C(C#N)=C2C)cc1F. The highest BCUT2D eigenvalue weighted by atomic mass is 19.1. The summed E-state index contributed by atoms with van der Waals surface area (Å²) in [4.78, 5) is 28.3. The number of nitrogens with zero attached hydrogens (tertiary/aromatic N) is 4. The predicted octanol–water partition coefficient (Wildman–Crippen LogP) is 6.32. The number of methoxy groups -OCH3 is 2. The minimum Gasteiger partial charge on any atom is -0.493 e. The van der Waals surface area contributed by atoms with E-state index in [1.54, 1.807) is 48.1 Å². The highest BCUT2D eigenvalue weighted by Crippen LogP contribution is 2.33. The molecule has 1 aliphatic rings. The Morgan fingerprint density at radius 1 is 0.957 bits per heavy atom. The van der Waals surface area contributed by atoms with E-state index in [-0.39, 0.29) is 29.0 Å². The molecule has 3 aromatic carbocycles. The number of carbonyl (C=O) groups is 2. The lowest BCUT2D eigenvalue weighted by atomic mass is 9.93. The fourth-order valence-electron chi connectivity index (χ4n) is 5.17. The van der Waals surface area contributed by atoms with E-state index in [0.29, 0.717) is 41.3 Å². The Hall–Kier alpha value is -5.69. The van der Waals surface area contributed by atoms with E-state index in [0.717, 1.165) is 22.6 Å². The molecule has 10 heteroatoms. The van der Waals surface area contributed by atoms with Crippen molar-refractivity contribution in [3.05, 3.63) is 107 Å². The highest BCUT2D eigenvalue weighted by Gasteiger charge is 2.35. The van der Waals surface area contributed by atoms with Crippen molar-refractivity contribution in [3.63, 3.8) is 0 Å². The van der Waals surface area contributed by atoms with Gasteiger partial charge in [0.2, 0.25) is 0 Å². The molecular formula is C36H33FN4O5. The standard InChI is InChI=1S/C36H33FN4O5/c1-5-17-46-31-14-12-25(20-30(31)37)34-26(22-41(39-34)27-9-7-6-8-10-27)19-28-23(2)29(21-38)36(43)40(35(28)42)16-15-24-11-13-32(44-3)33(18-24)45-4/h6-14,18-20,22H,5,15-17H2,1-4H3/b28-19+. The fraction of sp³-hybridized carbons (Fsp3) is 0.222. The summed E-state index contributed by atoms with van der Waals surface area (Å²) in [6.07, 6.45) is 4.39. The molecule has 46 heavy (non-hydrogen) atoms. The lowest BCUT2D eigenvalue weighted by Crippen LogP contribution is -2.43. The van der Waals surface area contributed by atoms with Crippen LogP contribution in [0.2, 0.25) is 0 Å². The molecule has 0 saturated heterocycles. The maximum atomic E-state index is 15.1. The lowest BCUT2D eigenvalue weighted by molar-refractivity contribution is -0.140. The number of halogens is 1. The smallest absolute Gasteiger partial charge is 0.271 e. The zero-order valence-corrected chi connectivity index (χ0v) is 26.0. The molecule has 0 fully saturated rings. The third kappa shape index (κ3) is 6.40. The molecule has 2 heterocycles. The second kappa shape index (κ2) is 13.9. The van der Waals surface area contributed by atoms with Crippen LogP contribution in [-0.4, -0.2) is 53.9 Å². The van der Waals surface area contributed by atoms with E-state index in [4.69, 9.17) is 19.3 Å². The second-order valence-corrected chi connectivity index (χ2v) is 10.6. The van der Waals surface area contributed by atoms with Crippen molar-refractivity contribution in [1.82, 2.24) is 14.7 Å². The molecule has 1 aliphatic heterocycles. The van der Waals surface area contributed by atoms with Gasteiger partial charge in [0.25, 0.3) is 11.8 Å². The first-order chi connectivity index (χ1) is 22.3. The molecule has 0 aliphatic carbocycles. The van der Waals surface area contributed by atoms with Crippen molar-refractivity contribution in [1.29, 1.82) is 5.26 Å². The Morgan fingerprint density at radius 3 is 2.37 bits per heavy atom. The number of para-hydroxylation sites is 1. The molecule has 0 radical (unpaired) electrons. The van der Waals surface area contributed by atoms with Gasteiger partial charge in [0.05, 0.1) is 26.5 Å². The first-order valence-corrected chi connectivity index (χ1v) is 14.8. The Balaban J connectivity index is 1.56. The topological polar surface area (TPSA) is 107 Å². The number of imide groups is 1. The van der Waals surface area contributed by atoms with Gasteiger partial charge in [0, 0.05) is 29.4 Å². The number of hydrogen-bond donors (Lipinski definition) is 0. The zero-order valence-electron chi connectivity index (χ0n) is 26.0. The van der Waals surface area contributed by atoms with Gasteiger partial charge in [-0.2, -0.15) is 10.4 Å². The number of nitriles is 1. The average Bonchev–Trinajstić information content (AvgIpc) is 3.50. The zero-order chi connectivity index (χ0) is 32.8. The third-order valence-electron chi connectivity index (χ3n) is 7.63. The Kier molecular flexibility index (Phi) is 9.62. The molecule has 9 nitrogen and oxygen atoms in total. The summed E-state index contributed by atoms with van der Waals surface area (Å²) < 4.78 is 32.9. The monoisotopic (exact) mass is 620 g/mol. The number of hydrogen-bond acceptors (Lipinski definition) is 7. The molecule has 5 rings (SSSR count). The van der Waals surface area contributed by atoms with E-state index < -0.39 is 17.6 Å². The number of amides is 2. The van der Waals surface area contributed by atoms with Gasteiger partial charge in [-0.15, -0.1) is 0 Å². The van der Waals surface area contributed by atoms with Crippen molar-refractivity contribution in [3.8, 4) is 40.3 Å². The molecular weight excluding hydrogens is 587 g/mol. The van der Waals surface area contributed by atoms with Crippen LogP contribution >= 0.6 is 0 Å². The average molecular weight is 621 g/mol. The van der Waals surface area contributed by atoms with Crippen LogP contribution in [-0.2, 0) is 16.0 Å². The Morgan fingerprint density at radius 2 is 1.70 bits per heavy atom. The predicted molar refractivity (Wildman–Crippen MR) is 171 cm³/mol. The minimum atomic E-state index is -0.660. The minimum absolute atomic E-state index is 0.0313. The fourth-order valence-corrected chi connectivity index (χ4v) is 5.17. The van der Waals surface area contributed by atoms with E-state index in [1.807, 2.05) is 49.4 Å². The summed E-state index contributed by atoms with van der Waals surface area (Å²) in [5.74, 6) is -0.530. The van der Waals surface area contributed by atoms with Crippen LogP contribution in [0.3, 0.4) is 0 Å². The van der Waals surface area contributed by atoms with Gasteiger partial charge < -0.3 is 14.2 Å². The van der Waals surface area contributed by atoms with Gasteiger partial charge in [0.1, 0.15) is 17.3 Å². The molecule has 2 amide bonds. The van der Waals surface area contributed by atoms with Gasteiger partial charge in [-0.1, -0.05) is 31.2 Å². The first-order valence-electron chi connectivity index (χ1n) is 14.8. The summed E-state index contributed by atoms with van der Waals surface area (Å²) in [5.41, 5.74) is 3.24. The second-order valence-electron chi connectivity index (χ2n) is 10.6. The van der Waals surface area contributed by atoms with Crippen molar-refractivity contribution in [2.75, 3.05) is 27.4 Å². The molecule has 0 spiro atoms. The maximum absolute atomic E-state index is 15.1. The van der Waals surface area contributed by atoms with Gasteiger partial charge >= 0.3 is 0 Å². The highest BCUT2D eigenvalue weighted by molar-refractivity contribution is 6.19. The summed E-state index contributed by atoms with van der Waals surface area (Å²) >= 11 is 0. The van der Waals surface area contributed by atoms with E-state index in [2.05, 4.69) is 0 Å². The van der Waals surface area contributed by atoms with Crippen LogP contribution in [0.4, 0.5) is 4.39 Å². The Bertz CT molecular complexity index is 1890. The molecule has 0 atom stereocenters. The molecule has 1 aromatic heterocycles. The lowest BCUT2D eigenvalue weighted by Gasteiger charge is -2.27. The molecule has 234 valence electrons. The number of ether oxygens (including phenoxy) is 3. The van der Waals surface area contributed by atoms with Gasteiger partial charge in [0.15, 0.2) is 23.1 Å². The van der Waals surface area contributed by atoms with Crippen LogP contribution in [0.15, 0.2) is 89.6 Å². The quantitative estimate of drug-likeness (QED) is 0.143. The van der Waals surface area contributed by atoms with Crippen LogP contribution in [0.25, 0.3) is 23.0 Å². The summed E-state index contributed by atoms with van der Waals surface area (Å²) in [7, 11) is 3.07. The third-order valence-corrected chi connectivity index (χ3v) is 7.63. The van der Waals surface area contributed by atoms with Gasteiger partial charge in [-0.25, -0.2) is 9.07 Å². The maximum Gasteiger partial charge on any atom is 0.271 e. The summed E-state index contributed by atoms with van der Waals surface area (Å²) in [5, 5.41) is 14.7. The van der Waals surface area contributed by atoms with E-state index >= 15 is 4.39 Å². The number of aromatic nitrogens is 2. The van der Waals surface area contributed by atoms with E-state index in [9.17, 15) is 14.9 Å². The van der Waals surface area contributed by atoms with Crippen LogP contribution in [0.1, 0.15) is 31.4 Å². The van der Waals surface area contributed by atoms with Gasteiger partial charge in [-0.3, -0.25) is 14.5 Å². The molecule has 0 bridgehead atoms. The van der Waals surface area contributed by atoms with Crippen molar-refractivity contribution >= 4 is 17.9 Å². The molecule has 0 unspecified atom stereocenters. The van der Waals surface area contributed by atoms with Crippen molar-refractivity contribution < 1.29 is 28.2 Å². The Labute approximate surface area is 266 Å². The molecule has 0 N–H and O–H groups in total.